The van der Waals surface area contributed by atoms with Gasteiger partial charge in [0.25, 0.3) is 10.1 Å². The van der Waals surface area contributed by atoms with Crippen molar-refractivity contribution in [2.24, 2.45) is 5.73 Å². The lowest BCUT2D eigenvalue weighted by molar-refractivity contribution is 0.198. The maximum Gasteiger partial charge on any atom is 0.297 e. The highest BCUT2D eigenvalue weighted by Gasteiger charge is 2.30. The molecule has 0 unspecified atom stereocenters. The number of benzene rings is 9. The van der Waals surface area contributed by atoms with E-state index in [9.17, 15) is 25.3 Å². The number of rotatable bonds is 19. The van der Waals surface area contributed by atoms with Gasteiger partial charge in [-0.3, -0.25) is 13.5 Å². The van der Waals surface area contributed by atoms with E-state index in [2.05, 4.69) is 29.4 Å². The van der Waals surface area contributed by atoms with E-state index in [0.717, 1.165) is 46.2 Å². The molecule has 19 heteroatoms. The van der Waals surface area contributed by atoms with Crippen molar-refractivity contribution in [2.75, 3.05) is 39.6 Å². The van der Waals surface area contributed by atoms with E-state index in [4.69, 9.17) is 24.1 Å². The molecule has 11 aromatic rings. The van der Waals surface area contributed by atoms with Gasteiger partial charge in [0.15, 0.2) is 10.1 Å². The first-order valence-electron chi connectivity index (χ1n) is 29.2. The molecular formula is C69H74N6O10S3. The maximum atomic E-state index is 14.2. The average molecular weight is 1240 g/mol. The van der Waals surface area contributed by atoms with Crippen LogP contribution >= 0.6 is 0 Å². The van der Waals surface area contributed by atoms with Crippen molar-refractivity contribution in [3.05, 3.63) is 223 Å². The molecule has 3 heterocycles. The molecule has 2 aromatic heterocycles. The molecule has 0 amide bonds. The quantitative estimate of drug-likeness (QED) is 0.0569. The van der Waals surface area contributed by atoms with Crippen LogP contribution in [0.5, 0.6) is 11.5 Å². The van der Waals surface area contributed by atoms with Crippen LogP contribution in [0.25, 0.3) is 43.4 Å². The fourth-order valence-corrected chi connectivity index (χ4v) is 13.9. The number of aryl methyl sites for hydroxylation is 1. The number of ether oxygens (including phenoxy) is 3. The summed E-state index contributed by atoms with van der Waals surface area (Å²) in [5, 5.41) is 16.5. The summed E-state index contributed by atoms with van der Waals surface area (Å²) in [7, 11) is -11.9. The van der Waals surface area contributed by atoms with Crippen LogP contribution in [0.15, 0.2) is 231 Å². The second kappa shape index (κ2) is 29.6. The number of nitrogens with two attached hydrogens (primary N) is 1. The van der Waals surface area contributed by atoms with Gasteiger partial charge in [0, 0.05) is 47.3 Å². The molecule has 0 spiro atoms. The number of hydrogen-bond donors (Lipinski definition) is 2. The Morgan fingerprint density at radius 1 is 0.511 bits per heavy atom. The van der Waals surface area contributed by atoms with Crippen molar-refractivity contribution >= 4 is 73.1 Å². The molecule has 16 nitrogen and oxygen atoms in total. The topological polar surface area (TPSA) is 213 Å². The highest BCUT2D eigenvalue weighted by molar-refractivity contribution is 7.92. The first-order chi connectivity index (χ1) is 42.4. The van der Waals surface area contributed by atoms with Crippen molar-refractivity contribution in [1.82, 2.24) is 24.9 Å². The average Bonchev–Trinajstić information content (AvgIpc) is 2.71. The van der Waals surface area contributed by atoms with Crippen LogP contribution in [0.2, 0.25) is 0 Å². The Hall–Kier alpha value is -8.27. The predicted molar refractivity (Wildman–Crippen MR) is 347 cm³/mol. The molecule has 0 bridgehead atoms. The van der Waals surface area contributed by atoms with Gasteiger partial charge in [-0.1, -0.05) is 179 Å². The van der Waals surface area contributed by atoms with Gasteiger partial charge in [-0.15, -0.1) is 0 Å². The third kappa shape index (κ3) is 16.3. The summed E-state index contributed by atoms with van der Waals surface area (Å²) in [6, 6.07) is 62.6. The van der Waals surface area contributed by atoms with Crippen molar-refractivity contribution in [3.8, 4) is 11.5 Å². The Morgan fingerprint density at radius 3 is 1.39 bits per heavy atom. The lowest BCUT2D eigenvalue weighted by Gasteiger charge is -2.10. The number of nitrogens with one attached hydrogen (secondary N) is 1. The fraction of sp³-hybridized carbons (Fsp3) is 0.246. The summed E-state index contributed by atoms with van der Waals surface area (Å²) in [5.74, 6) is 0.971. The molecule has 458 valence electrons. The van der Waals surface area contributed by atoms with Gasteiger partial charge in [-0.25, -0.2) is 16.8 Å². The van der Waals surface area contributed by atoms with Gasteiger partial charge in [-0.2, -0.15) is 18.6 Å². The maximum absolute atomic E-state index is 14.2. The summed E-state index contributed by atoms with van der Waals surface area (Å²) in [6.07, 6.45) is 2.56. The van der Waals surface area contributed by atoms with E-state index in [-0.39, 0.29) is 38.0 Å². The normalized spacial score (nSPS) is 12.6. The minimum Gasteiger partial charge on any atom is -0.492 e. The predicted octanol–water partition coefficient (Wildman–Crippen LogP) is 12.8. The molecule has 0 radical (unpaired) electrons. The molecule has 12 rings (SSSR count). The van der Waals surface area contributed by atoms with Gasteiger partial charge in [0.05, 0.1) is 38.8 Å². The minimum atomic E-state index is -4.05. The van der Waals surface area contributed by atoms with Crippen LogP contribution < -0.4 is 20.5 Å². The summed E-state index contributed by atoms with van der Waals surface area (Å²) in [4.78, 5) is 0.478. The molecular weight excluding hydrogens is 1170 g/mol. The molecule has 3 N–H and O–H groups in total. The number of sulfone groups is 2. The smallest absolute Gasteiger partial charge is 0.297 e. The van der Waals surface area contributed by atoms with Crippen LogP contribution in [-0.4, -0.2) is 96.5 Å². The van der Waals surface area contributed by atoms with Crippen LogP contribution in [0.4, 0.5) is 0 Å². The van der Waals surface area contributed by atoms with Crippen molar-refractivity contribution in [2.45, 2.75) is 97.4 Å². The molecule has 1 aliphatic rings. The molecule has 1 saturated heterocycles. The van der Waals surface area contributed by atoms with Gasteiger partial charge in [-0.05, 0) is 108 Å². The number of aromatic nitrogens is 4. The summed E-state index contributed by atoms with van der Waals surface area (Å²) in [6.45, 7) is 13.6. The van der Waals surface area contributed by atoms with E-state index in [0.29, 0.717) is 76.9 Å². The Labute approximate surface area is 515 Å². The van der Waals surface area contributed by atoms with Crippen LogP contribution in [0.1, 0.15) is 57.2 Å². The van der Waals surface area contributed by atoms with Crippen LogP contribution in [-0.2, 0) is 51.8 Å². The Bertz CT molecular complexity index is 4440. The molecule has 0 atom stereocenters. The number of nitrogens with zero attached hydrogens (tertiary/aromatic N) is 4. The molecule has 1 fully saturated rings. The number of fused-ring (bicyclic) bond motifs is 4. The first kappa shape index (κ1) is 64.2. The highest BCUT2D eigenvalue weighted by Crippen LogP contribution is 2.36. The third-order valence-electron chi connectivity index (χ3n) is 14.0. The zero-order chi connectivity index (χ0) is 62.3. The van der Waals surface area contributed by atoms with Crippen LogP contribution in [0.3, 0.4) is 0 Å². The summed E-state index contributed by atoms with van der Waals surface area (Å²) < 4.78 is 107. The molecule has 88 heavy (non-hydrogen) atoms. The Balaban J connectivity index is 0.000000185. The highest BCUT2D eigenvalue weighted by atomic mass is 32.2. The van der Waals surface area contributed by atoms with E-state index in [1.165, 1.54) is 25.0 Å². The standard InChI is InChI=1S/C33H28N2O6S2.C29H29N3O3S.C4H8O.C3H9N/c1-24-14-17-28(18-15-24)43(38,39)41-21-20-40-27-16-19-31-30(22-27)33(34-35(31)23-25-8-3-2-4-9-25)42(36,37)32-13-7-11-26-10-5-6-12-29(26)32;1-21(2)30-17-18-35-24-15-16-27-26(19-24)29(31-32(27)20-22-9-4-3-5-10-22)36(33,34)28-14-8-12-23-11-6-7-13-25(23)28;1-2-4-5-3-1;1-3(2)4/h2-19,22H,20-21,23H2,1H3;3-16,19,21,30H,17-18,20H2,1-2H3;1-4H2;3H,4H2,1-2H3. The summed E-state index contributed by atoms with van der Waals surface area (Å²) in [5.41, 5.74) is 9.41. The molecule has 0 aliphatic carbocycles. The Morgan fingerprint density at radius 2 is 0.943 bits per heavy atom. The SMILES string of the molecule is C1CCOC1.CC(C)N.CC(C)NCCOc1ccc2c(c1)c(S(=O)(=O)c1cccc3ccccc13)nn2Cc1ccccc1.Cc1ccc(S(=O)(=O)OCCOc2ccc3c(c2)c(S(=O)(=O)c2cccc4ccccc24)nn3Cc2ccccc2)cc1. The van der Waals surface area contributed by atoms with Crippen molar-refractivity contribution in [1.29, 1.82) is 0 Å². The fourth-order valence-electron chi connectivity index (χ4n) is 9.76. The molecule has 1 aliphatic heterocycles. The summed E-state index contributed by atoms with van der Waals surface area (Å²) >= 11 is 0. The minimum absolute atomic E-state index is 0.0375. The second-order valence-corrected chi connectivity index (χ2v) is 27.0. The largest absolute Gasteiger partial charge is 0.492 e. The second-order valence-electron chi connectivity index (χ2n) is 21.7. The zero-order valence-corrected chi connectivity index (χ0v) is 52.5. The first-order valence-corrected chi connectivity index (χ1v) is 33.6. The van der Waals surface area contributed by atoms with Gasteiger partial charge < -0.3 is 25.3 Å². The van der Waals surface area contributed by atoms with Gasteiger partial charge in [0.2, 0.25) is 19.7 Å². The lowest BCUT2D eigenvalue weighted by atomic mass is 10.1. The number of hydrogen-bond acceptors (Lipinski definition) is 14. The van der Waals surface area contributed by atoms with Crippen molar-refractivity contribution in [3.63, 3.8) is 0 Å². The monoisotopic (exact) mass is 1240 g/mol. The Kier molecular flexibility index (Phi) is 21.6. The van der Waals surface area contributed by atoms with Crippen molar-refractivity contribution < 1.29 is 43.6 Å². The molecule has 0 saturated carbocycles. The van der Waals surface area contributed by atoms with E-state index in [1.54, 1.807) is 82.2 Å². The zero-order valence-electron chi connectivity index (χ0n) is 50.0. The molecule has 9 aromatic carbocycles. The third-order valence-corrected chi connectivity index (χ3v) is 18.8. The lowest BCUT2D eigenvalue weighted by Crippen LogP contribution is -2.27. The van der Waals surface area contributed by atoms with Gasteiger partial charge in [0.1, 0.15) is 31.3 Å². The van der Waals surface area contributed by atoms with E-state index < -0.39 is 29.8 Å². The van der Waals surface area contributed by atoms with E-state index >= 15 is 0 Å². The van der Waals surface area contributed by atoms with Gasteiger partial charge >= 0.3 is 0 Å². The van der Waals surface area contributed by atoms with E-state index in [1.807, 2.05) is 142 Å². The van der Waals surface area contributed by atoms with Crippen LogP contribution in [0, 0.1) is 6.92 Å².